The third-order valence-electron chi connectivity index (χ3n) is 3.17. The monoisotopic (exact) mass is 275 g/mol. The molecule has 0 aromatic heterocycles. The standard InChI is InChI=1S/C13H16F3NO2/c1-8(12(17)19)10(7-18)6-9-2-4-11(5-3-9)13(14,15)16/h2-5,8,10,18H,6-7H2,1H3,(H2,17,19)/t8?,10-/m1/s1. The van der Waals surface area contributed by atoms with Crippen LogP contribution in [0.25, 0.3) is 0 Å². The highest BCUT2D eigenvalue weighted by atomic mass is 19.4. The maximum absolute atomic E-state index is 12.4. The number of benzene rings is 1. The Labute approximate surface area is 109 Å². The molecule has 0 spiro atoms. The topological polar surface area (TPSA) is 63.3 Å². The SMILES string of the molecule is CC(C(N)=O)[C@@H](CO)Cc1ccc(C(F)(F)F)cc1. The van der Waals surface area contributed by atoms with E-state index in [1.54, 1.807) is 6.92 Å². The first-order valence-electron chi connectivity index (χ1n) is 5.82. The van der Waals surface area contributed by atoms with Crippen LogP contribution in [0.3, 0.4) is 0 Å². The molecule has 0 aliphatic rings. The Morgan fingerprint density at radius 2 is 1.84 bits per heavy atom. The normalized spacial score (nSPS) is 15.0. The van der Waals surface area contributed by atoms with Crippen LogP contribution in [0, 0.1) is 11.8 Å². The molecule has 19 heavy (non-hydrogen) atoms. The van der Waals surface area contributed by atoms with E-state index in [1.807, 2.05) is 0 Å². The summed E-state index contributed by atoms with van der Waals surface area (Å²) < 4.78 is 37.1. The predicted octanol–water partition coefficient (Wildman–Crippen LogP) is 1.98. The van der Waals surface area contributed by atoms with Crippen LogP contribution in [-0.4, -0.2) is 17.6 Å². The zero-order valence-corrected chi connectivity index (χ0v) is 10.4. The molecule has 1 aromatic rings. The summed E-state index contributed by atoms with van der Waals surface area (Å²) in [7, 11) is 0. The highest BCUT2D eigenvalue weighted by Crippen LogP contribution is 2.29. The van der Waals surface area contributed by atoms with Crippen LogP contribution in [0.1, 0.15) is 18.1 Å². The molecule has 0 saturated carbocycles. The first-order valence-corrected chi connectivity index (χ1v) is 5.82. The maximum atomic E-state index is 12.4. The van der Waals surface area contributed by atoms with Gasteiger partial charge in [-0.3, -0.25) is 4.79 Å². The van der Waals surface area contributed by atoms with Gasteiger partial charge < -0.3 is 10.8 Å². The summed E-state index contributed by atoms with van der Waals surface area (Å²) in [5.41, 5.74) is 5.05. The van der Waals surface area contributed by atoms with Crippen molar-refractivity contribution in [2.75, 3.05) is 6.61 Å². The Morgan fingerprint density at radius 1 is 1.32 bits per heavy atom. The summed E-state index contributed by atoms with van der Waals surface area (Å²) in [4.78, 5) is 11.0. The number of carbonyl (C=O) groups excluding carboxylic acids is 1. The number of nitrogens with two attached hydrogens (primary N) is 1. The second-order valence-electron chi connectivity index (χ2n) is 4.53. The smallest absolute Gasteiger partial charge is 0.396 e. The van der Waals surface area contributed by atoms with Crippen LogP contribution >= 0.6 is 0 Å². The molecule has 3 N–H and O–H groups in total. The van der Waals surface area contributed by atoms with E-state index in [4.69, 9.17) is 5.73 Å². The van der Waals surface area contributed by atoms with Gasteiger partial charge >= 0.3 is 6.18 Å². The summed E-state index contributed by atoms with van der Waals surface area (Å²) >= 11 is 0. The van der Waals surface area contributed by atoms with E-state index in [-0.39, 0.29) is 6.61 Å². The Balaban J connectivity index is 2.79. The van der Waals surface area contributed by atoms with Gasteiger partial charge in [0.15, 0.2) is 0 Å². The van der Waals surface area contributed by atoms with Crippen molar-refractivity contribution in [2.45, 2.75) is 19.5 Å². The molecule has 1 amide bonds. The van der Waals surface area contributed by atoms with E-state index >= 15 is 0 Å². The third kappa shape index (κ3) is 4.24. The molecule has 0 saturated heterocycles. The second kappa shape index (κ2) is 6.06. The number of hydrogen-bond acceptors (Lipinski definition) is 2. The van der Waals surface area contributed by atoms with Gasteiger partial charge in [-0.05, 0) is 30.0 Å². The fourth-order valence-electron chi connectivity index (χ4n) is 1.76. The molecule has 1 aromatic carbocycles. The molecule has 3 nitrogen and oxygen atoms in total. The van der Waals surface area contributed by atoms with E-state index in [0.717, 1.165) is 12.1 Å². The first-order chi connectivity index (χ1) is 8.75. The lowest BCUT2D eigenvalue weighted by Gasteiger charge is -2.19. The summed E-state index contributed by atoms with van der Waals surface area (Å²) in [6, 6.07) is 4.66. The van der Waals surface area contributed by atoms with Crippen LogP contribution in [0.2, 0.25) is 0 Å². The number of amides is 1. The van der Waals surface area contributed by atoms with Gasteiger partial charge in [-0.1, -0.05) is 19.1 Å². The van der Waals surface area contributed by atoms with E-state index in [9.17, 15) is 23.1 Å². The molecule has 0 aliphatic carbocycles. The van der Waals surface area contributed by atoms with Crippen LogP contribution < -0.4 is 5.73 Å². The van der Waals surface area contributed by atoms with Crippen LogP contribution in [0.4, 0.5) is 13.2 Å². The van der Waals surface area contributed by atoms with Gasteiger partial charge in [0.05, 0.1) is 5.56 Å². The maximum Gasteiger partial charge on any atom is 0.416 e. The number of primary amides is 1. The van der Waals surface area contributed by atoms with E-state index in [0.29, 0.717) is 12.0 Å². The summed E-state index contributed by atoms with van der Waals surface area (Å²) in [6.07, 6.45) is -4.06. The third-order valence-corrected chi connectivity index (χ3v) is 3.17. The molecule has 1 rings (SSSR count). The van der Waals surface area contributed by atoms with Crippen molar-refractivity contribution in [3.8, 4) is 0 Å². The van der Waals surface area contributed by atoms with Crippen LogP contribution in [-0.2, 0) is 17.4 Å². The lowest BCUT2D eigenvalue weighted by atomic mass is 9.88. The quantitative estimate of drug-likeness (QED) is 0.863. The molecule has 6 heteroatoms. The molecule has 1 unspecified atom stereocenters. The number of alkyl halides is 3. The van der Waals surface area contributed by atoms with Crippen LogP contribution in [0.5, 0.6) is 0 Å². The average molecular weight is 275 g/mol. The van der Waals surface area contributed by atoms with E-state index < -0.39 is 29.5 Å². The van der Waals surface area contributed by atoms with Crippen molar-refractivity contribution >= 4 is 5.91 Å². The minimum atomic E-state index is -4.37. The molecule has 0 fully saturated rings. The highest BCUT2D eigenvalue weighted by Gasteiger charge is 2.30. The van der Waals surface area contributed by atoms with E-state index in [2.05, 4.69) is 0 Å². The molecule has 0 heterocycles. The highest BCUT2D eigenvalue weighted by molar-refractivity contribution is 5.76. The van der Waals surface area contributed by atoms with Gasteiger partial charge in [0.25, 0.3) is 0 Å². The van der Waals surface area contributed by atoms with Gasteiger partial charge in [0.2, 0.25) is 5.91 Å². The number of rotatable bonds is 5. The number of carbonyl (C=O) groups is 1. The minimum absolute atomic E-state index is 0.245. The summed E-state index contributed by atoms with van der Waals surface area (Å²) in [6.45, 7) is 1.35. The van der Waals surface area contributed by atoms with Gasteiger partial charge in [0, 0.05) is 12.5 Å². The second-order valence-corrected chi connectivity index (χ2v) is 4.53. The predicted molar refractivity (Wildman–Crippen MR) is 64.1 cm³/mol. The summed E-state index contributed by atoms with van der Waals surface area (Å²) in [5, 5.41) is 9.20. The average Bonchev–Trinajstić information content (AvgIpc) is 2.34. The molecule has 0 bridgehead atoms. The molecule has 106 valence electrons. The van der Waals surface area contributed by atoms with E-state index in [1.165, 1.54) is 12.1 Å². The van der Waals surface area contributed by atoms with Gasteiger partial charge in [-0.15, -0.1) is 0 Å². The molecule has 0 aliphatic heterocycles. The molecule has 2 atom stereocenters. The van der Waals surface area contributed by atoms with Crippen molar-refractivity contribution in [1.29, 1.82) is 0 Å². The van der Waals surface area contributed by atoms with Crippen molar-refractivity contribution in [3.63, 3.8) is 0 Å². The lowest BCUT2D eigenvalue weighted by molar-refractivity contribution is -0.137. The minimum Gasteiger partial charge on any atom is -0.396 e. The zero-order valence-electron chi connectivity index (χ0n) is 10.4. The van der Waals surface area contributed by atoms with Crippen molar-refractivity contribution in [2.24, 2.45) is 17.6 Å². The zero-order chi connectivity index (χ0) is 14.6. The van der Waals surface area contributed by atoms with Gasteiger partial charge in [-0.25, -0.2) is 0 Å². The van der Waals surface area contributed by atoms with Gasteiger partial charge in [0.1, 0.15) is 0 Å². The van der Waals surface area contributed by atoms with Crippen LogP contribution in [0.15, 0.2) is 24.3 Å². The lowest BCUT2D eigenvalue weighted by Crippen LogP contribution is -2.30. The van der Waals surface area contributed by atoms with Gasteiger partial charge in [-0.2, -0.15) is 13.2 Å². The summed E-state index contributed by atoms with van der Waals surface area (Å²) in [5.74, 6) is -1.47. The largest absolute Gasteiger partial charge is 0.416 e. The Hall–Kier alpha value is -1.56. The van der Waals surface area contributed by atoms with Crippen molar-refractivity contribution < 1.29 is 23.1 Å². The van der Waals surface area contributed by atoms with Crippen molar-refractivity contribution in [3.05, 3.63) is 35.4 Å². The Bertz CT molecular complexity index is 429. The number of aliphatic hydroxyl groups is 1. The Kier molecular flexibility index (Phi) is 4.94. The molecule has 0 radical (unpaired) electrons. The van der Waals surface area contributed by atoms with Crippen molar-refractivity contribution in [1.82, 2.24) is 0 Å². The number of halogens is 3. The number of hydrogen-bond donors (Lipinski definition) is 2. The molecular weight excluding hydrogens is 259 g/mol. The Morgan fingerprint density at radius 3 is 2.21 bits per heavy atom. The fraction of sp³-hybridized carbons (Fsp3) is 0.462. The molecular formula is C13H16F3NO2. The fourth-order valence-corrected chi connectivity index (χ4v) is 1.76. The number of aliphatic hydroxyl groups excluding tert-OH is 1. The first kappa shape index (κ1) is 15.5.